The van der Waals surface area contributed by atoms with Crippen LogP contribution in [0.25, 0.3) is 0 Å². The van der Waals surface area contributed by atoms with Gasteiger partial charge in [-0.25, -0.2) is 0 Å². The Morgan fingerprint density at radius 3 is 2.95 bits per heavy atom. The first-order valence-electron chi connectivity index (χ1n) is 7.40. The van der Waals surface area contributed by atoms with Crippen molar-refractivity contribution in [1.82, 2.24) is 10.2 Å². The molecule has 1 N–H and O–H groups in total. The standard InChI is InChI=1S/C16H22N2O3S/c1-4-11(2)17-15(19)14-9-22-10-18(14)16(20)12-6-5-7-13(8-12)21-3/h5-8,11,14H,4,9-10H2,1-3H3,(H,17,19)/t11-,14+/m0/s1. The van der Waals surface area contributed by atoms with Gasteiger partial charge in [0.1, 0.15) is 11.8 Å². The first kappa shape index (κ1) is 16.7. The van der Waals surface area contributed by atoms with E-state index in [0.717, 1.165) is 6.42 Å². The zero-order valence-electron chi connectivity index (χ0n) is 13.2. The second-order valence-electron chi connectivity index (χ2n) is 5.34. The molecule has 1 saturated heterocycles. The Labute approximate surface area is 135 Å². The third-order valence-corrected chi connectivity index (χ3v) is 4.78. The molecule has 0 saturated carbocycles. The monoisotopic (exact) mass is 322 g/mol. The highest BCUT2D eigenvalue weighted by Crippen LogP contribution is 2.24. The molecule has 1 fully saturated rings. The van der Waals surface area contributed by atoms with E-state index in [1.54, 1.807) is 48.0 Å². The predicted molar refractivity (Wildman–Crippen MR) is 88.2 cm³/mol. The maximum atomic E-state index is 12.7. The summed E-state index contributed by atoms with van der Waals surface area (Å²) in [4.78, 5) is 26.6. The highest BCUT2D eigenvalue weighted by atomic mass is 32.2. The fraction of sp³-hybridized carbons (Fsp3) is 0.500. The average Bonchev–Trinajstić information content (AvgIpc) is 3.03. The van der Waals surface area contributed by atoms with Crippen LogP contribution in [0.4, 0.5) is 0 Å². The molecule has 1 heterocycles. The Morgan fingerprint density at radius 2 is 2.27 bits per heavy atom. The number of nitrogens with zero attached hydrogens (tertiary/aromatic N) is 1. The summed E-state index contributed by atoms with van der Waals surface area (Å²) in [5.74, 6) is 1.61. The Bertz CT molecular complexity index is 550. The fourth-order valence-electron chi connectivity index (χ4n) is 2.22. The quantitative estimate of drug-likeness (QED) is 0.902. The van der Waals surface area contributed by atoms with Crippen LogP contribution in [-0.4, -0.2) is 47.5 Å². The van der Waals surface area contributed by atoms with Gasteiger partial charge in [0.2, 0.25) is 5.91 Å². The molecule has 0 radical (unpaired) electrons. The third kappa shape index (κ3) is 3.74. The van der Waals surface area contributed by atoms with E-state index in [-0.39, 0.29) is 17.9 Å². The van der Waals surface area contributed by atoms with Gasteiger partial charge in [0.25, 0.3) is 5.91 Å². The second kappa shape index (κ2) is 7.54. The average molecular weight is 322 g/mol. The number of rotatable bonds is 5. The number of hydrogen-bond acceptors (Lipinski definition) is 4. The molecule has 1 aromatic rings. The number of hydrogen-bond donors (Lipinski definition) is 1. The lowest BCUT2D eigenvalue weighted by molar-refractivity contribution is -0.125. The van der Waals surface area contributed by atoms with Crippen LogP contribution >= 0.6 is 11.8 Å². The van der Waals surface area contributed by atoms with E-state index < -0.39 is 6.04 Å². The van der Waals surface area contributed by atoms with E-state index in [4.69, 9.17) is 4.74 Å². The van der Waals surface area contributed by atoms with Crippen molar-refractivity contribution >= 4 is 23.6 Å². The molecule has 0 aliphatic carbocycles. The topological polar surface area (TPSA) is 58.6 Å². The molecule has 0 bridgehead atoms. The van der Waals surface area contributed by atoms with Crippen LogP contribution in [0.1, 0.15) is 30.6 Å². The summed E-state index contributed by atoms with van der Waals surface area (Å²) < 4.78 is 5.15. The smallest absolute Gasteiger partial charge is 0.255 e. The largest absolute Gasteiger partial charge is 0.497 e. The lowest BCUT2D eigenvalue weighted by atomic mass is 10.1. The Hall–Kier alpha value is -1.69. The van der Waals surface area contributed by atoms with Gasteiger partial charge in [-0.2, -0.15) is 0 Å². The molecule has 1 aromatic carbocycles. The summed E-state index contributed by atoms with van der Waals surface area (Å²) in [6.45, 7) is 3.99. The number of amides is 2. The predicted octanol–water partition coefficient (Wildman–Crippen LogP) is 2.12. The van der Waals surface area contributed by atoms with Crippen molar-refractivity contribution < 1.29 is 14.3 Å². The number of ether oxygens (including phenoxy) is 1. The van der Waals surface area contributed by atoms with E-state index in [1.165, 1.54) is 0 Å². The van der Waals surface area contributed by atoms with Crippen molar-refractivity contribution in [3.63, 3.8) is 0 Å². The number of methoxy groups -OCH3 is 1. The Morgan fingerprint density at radius 1 is 1.50 bits per heavy atom. The van der Waals surface area contributed by atoms with Crippen LogP contribution in [0, 0.1) is 0 Å². The second-order valence-corrected chi connectivity index (χ2v) is 6.34. The molecule has 6 heteroatoms. The van der Waals surface area contributed by atoms with Crippen LogP contribution in [-0.2, 0) is 4.79 Å². The van der Waals surface area contributed by atoms with Gasteiger partial charge in [0.15, 0.2) is 0 Å². The number of carbonyl (C=O) groups is 2. The first-order chi connectivity index (χ1) is 10.6. The van der Waals surface area contributed by atoms with Gasteiger partial charge >= 0.3 is 0 Å². The SMILES string of the molecule is CC[C@H](C)NC(=O)[C@H]1CSCN1C(=O)c1cccc(OC)c1. The van der Waals surface area contributed by atoms with Crippen molar-refractivity contribution in [3.05, 3.63) is 29.8 Å². The van der Waals surface area contributed by atoms with E-state index in [0.29, 0.717) is 22.9 Å². The molecular weight excluding hydrogens is 300 g/mol. The van der Waals surface area contributed by atoms with E-state index in [2.05, 4.69) is 5.32 Å². The lowest BCUT2D eigenvalue weighted by Gasteiger charge is -2.24. The molecule has 0 aromatic heterocycles. The van der Waals surface area contributed by atoms with Crippen LogP contribution in [0.15, 0.2) is 24.3 Å². The summed E-state index contributed by atoms with van der Waals surface area (Å²) >= 11 is 1.60. The third-order valence-electron chi connectivity index (χ3n) is 3.76. The molecular formula is C16H22N2O3S. The zero-order chi connectivity index (χ0) is 16.1. The summed E-state index contributed by atoms with van der Waals surface area (Å²) in [5.41, 5.74) is 0.545. The molecule has 0 unspecified atom stereocenters. The molecule has 0 spiro atoms. The highest BCUT2D eigenvalue weighted by molar-refractivity contribution is 7.99. The molecule has 2 atom stereocenters. The van der Waals surface area contributed by atoms with Gasteiger partial charge < -0.3 is 15.0 Å². The first-order valence-corrected chi connectivity index (χ1v) is 8.55. The van der Waals surface area contributed by atoms with Gasteiger partial charge in [-0.05, 0) is 31.5 Å². The lowest BCUT2D eigenvalue weighted by Crippen LogP contribution is -2.49. The molecule has 1 aliphatic rings. The van der Waals surface area contributed by atoms with Crippen LogP contribution in [0.5, 0.6) is 5.75 Å². The van der Waals surface area contributed by atoms with E-state index in [9.17, 15) is 9.59 Å². The van der Waals surface area contributed by atoms with Crippen LogP contribution in [0.3, 0.4) is 0 Å². The van der Waals surface area contributed by atoms with Crippen molar-refractivity contribution in [1.29, 1.82) is 0 Å². The summed E-state index contributed by atoms with van der Waals surface area (Å²) in [6, 6.07) is 6.74. The highest BCUT2D eigenvalue weighted by Gasteiger charge is 2.35. The fourth-order valence-corrected chi connectivity index (χ4v) is 3.38. The van der Waals surface area contributed by atoms with Gasteiger partial charge in [0, 0.05) is 17.4 Å². The molecule has 1 aliphatic heterocycles. The van der Waals surface area contributed by atoms with Gasteiger partial charge in [-0.15, -0.1) is 11.8 Å². The zero-order valence-corrected chi connectivity index (χ0v) is 14.0. The minimum absolute atomic E-state index is 0.0735. The van der Waals surface area contributed by atoms with Gasteiger partial charge in [0.05, 0.1) is 13.0 Å². The Balaban J connectivity index is 2.12. The number of thioether (sulfide) groups is 1. The number of carbonyl (C=O) groups excluding carboxylic acids is 2. The maximum Gasteiger partial charge on any atom is 0.255 e. The van der Waals surface area contributed by atoms with Crippen molar-refractivity contribution in [3.8, 4) is 5.75 Å². The van der Waals surface area contributed by atoms with Gasteiger partial charge in [-0.1, -0.05) is 13.0 Å². The molecule has 2 amide bonds. The van der Waals surface area contributed by atoms with Crippen LogP contribution in [0.2, 0.25) is 0 Å². The number of nitrogens with one attached hydrogen (secondary N) is 1. The Kier molecular flexibility index (Phi) is 5.71. The van der Waals surface area contributed by atoms with Gasteiger partial charge in [-0.3, -0.25) is 9.59 Å². The number of benzene rings is 1. The van der Waals surface area contributed by atoms with E-state index >= 15 is 0 Å². The summed E-state index contributed by atoms with van der Waals surface area (Å²) in [5, 5.41) is 2.96. The molecule has 5 nitrogen and oxygen atoms in total. The van der Waals surface area contributed by atoms with Crippen LogP contribution < -0.4 is 10.1 Å². The molecule has 22 heavy (non-hydrogen) atoms. The van der Waals surface area contributed by atoms with Crippen molar-refractivity contribution in [2.24, 2.45) is 0 Å². The minimum atomic E-state index is -0.405. The summed E-state index contributed by atoms with van der Waals surface area (Å²) in [7, 11) is 1.57. The maximum absolute atomic E-state index is 12.7. The van der Waals surface area contributed by atoms with Crippen molar-refractivity contribution in [2.45, 2.75) is 32.4 Å². The minimum Gasteiger partial charge on any atom is -0.497 e. The molecule has 120 valence electrons. The normalized spacial score (nSPS) is 18.9. The summed E-state index contributed by atoms with van der Waals surface area (Å²) in [6.07, 6.45) is 0.870. The molecule has 2 rings (SSSR count). The van der Waals surface area contributed by atoms with E-state index in [1.807, 2.05) is 13.8 Å². The van der Waals surface area contributed by atoms with Crippen molar-refractivity contribution in [2.75, 3.05) is 18.7 Å².